The lowest BCUT2D eigenvalue weighted by Crippen LogP contribution is -2.28. The Morgan fingerprint density at radius 2 is 1.92 bits per heavy atom. The first-order valence-corrected chi connectivity index (χ1v) is 7.79. The van der Waals surface area contributed by atoms with Crippen molar-refractivity contribution in [2.45, 2.75) is 18.3 Å². The van der Waals surface area contributed by atoms with Gasteiger partial charge in [0.05, 0.1) is 24.6 Å². The molecule has 1 aromatic carbocycles. The zero-order chi connectivity index (χ0) is 17.9. The molecule has 0 aliphatic rings. The second-order valence-corrected chi connectivity index (χ2v) is 5.80. The average Bonchev–Trinajstić information content (AvgIpc) is 2.54. The summed E-state index contributed by atoms with van der Waals surface area (Å²) in [6, 6.07) is 4.05. The van der Waals surface area contributed by atoms with E-state index in [1.807, 2.05) is 6.92 Å². The minimum atomic E-state index is -4.48. The van der Waals surface area contributed by atoms with Crippen molar-refractivity contribution < 1.29 is 22.7 Å². The standard InChI is InChI=1S/C15H13F3N2O3S/c1-3-24-14-19-8-11(13(22)23-2)12(21)20(14)10-6-4-9(5-7-10)15(16,17)18/h4-8H,3H2,1-2H3. The number of aromatic nitrogens is 2. The molecule has 1 aromatic heterocycles. The maximum absolute atomic E-state index is 12.7. The summed E-state index contributed by atoms with van der Waals surface area (Å²) >= 11 is 1.23. The molecular weight excluding hydrogens is 345 g/mol. The number of halogens is 3. The van der Waals surface area contributed by atoms with E-state index in [1.165, 1.54) is 11.8 Å². The van der Waals surface area contributed by atoms with E-state index in [9.17, 15) is 22.8 Å². The van der Waals surface area contributed by atoms with Crippen LogP contribution in [0.2, 0.25) is 0 Å². The van der Waals surface area contributed by atoms with Gasteiger partial charge >= 0.3 is 12.1 Å². The van der Waals surface area contributed by atoms with Crippen LogP contribution < -0.4 is 5.56 Å². The Kier molecular flexibility index (Phi) is 5.33. The van der Waals surface area contributed by atoms with E-state index in [0.29, 0.717) is 5.75 Å². The second-order valence-electron chi connectivity index (χ2n) is 4.56. The summed E-state index contributed by atoms with van der Waals surface area (Å²) in [6.07, 6.45) is -3.37. The van der Waals surface area contributed by atoms with E-state index >= 15 is 0 Å². The molecule has 0 atom stereocenters. The molecule has 0 saturated heterocycles. The number of hydrogen-bond acceptors (Lipinski definition) is 5. The highest BCUT2D eigenvalue weighted by molar-refractivity contribution is 7.99. The molecular formula is C15H13F3N2O3S. The highest BCUT2D eigenvalue weighted by atomic mass is 32.2. The summed E-state index contributed by atoms with van der Waals surface area (Å²) in [7, 11) is 1.12. The van der Waals surface area contributed by atoms with E-state index in [2.05, 4.69) is 9.72 Å². The van der Waals surface area contributed by atoms with E-state index < -0.39 is 23.3 Å². The lowest BCUT2D eigenvalue weighted by molar-refractivity contribution is -0.137. The van der Waals surface area contributed by atoms with Gasteiger partial charge in [0.2, 0.25) is 0 Å². The number of nitrogens with zero attached hydrogens (tertiary/aromatic N) is 2. The van der Waals surface area contributed by atoms with E-state index in [-0.39, 0.29) is 16.4 Å². The van der Waals surface area contributed by atoms with Crippen molar-refractivity contribution in [1.82, 2.24) is 9.55 Å². The zero-order valence-corrected chi connectivity index (χ0v) is 13.6. The van der Waals surface area contributed by atoms with Gasteiger partial charge in [-0.1, -0.05) is 18.7 Å². The molecule has 0 radical (unpaired) electrons. The lowest BCUT2D eigenvalue weighted by atomic mass is 10.2. The number of hydrogen-bond donors (Lipinski definition) is 0. The van der Waals surface area contributed by atoms with Crippen LogP contribution in [-0.2, 0) is 10.9 Å². The van der Waals surface area contributed by atoms with Gasteiger partial charge in [0.15, 0.2) is 5.16 Å². The fourth-order valence-corrected chi connectivity index (χ4v) is 2.65. The van der Waals surface area contributed by atoms with Crippen molar-refractivity contribution in [3.8, 4) is 5.69 Å². The molecule has 0 fully saturated rings. The number of benzene rings is 1. The van der Waals surface area contributed by atoms with Crippen molar-refractivity contribution in [3.63, 3.8) is 0 Å². The molecule has 24 heavy (non-hydrogen) atoms. The average molecular weight is 358 g/mol. The smallest absolute Gasteiger partial charge is 0.416 e. The first-order valence-electron chi connectivity index (χ1n) is 6.80. The predicted octanol–water partition coefficient (Wildman–Crippen LogP) is 3.15. The van der Waals surface area contributed by atoms with Crippen LogP contribution in [0, 0.1) is 0 Å². The van der Waals surface area contributed by atoms with Crippen LogP contribution in [0.5, 0.6) is 0 Å². The Balaban J connectivity index is 2.62. The third-order valence-corrected chi connectivity index (χ3v) is 3.90. The summed E-state index contributed by atoms with van der Waals surface area (Å²) < 4.78 is 43.6. The van der Waals surface area contributed by atoms with Crippen LogP contribution in [0.15, 0.2) is 40.4 Å². The van der Waals surface area contributed by atoms with Crippen LogP contribution in [0.4, 0.5) is 13.2 Å². The highest BCUT2D eigenvalue weighted by Crippen LogP contribution is 2.30. The Morgan fingerprint density at radius 3 is 2.42 bits per heavy atom. The Morgan fingerprint density at radius 1 is 1.29 bits per heavy atom. The molecule has 0 aliphatic carbocycles. The minimum absolute atomic E-state index is 0.183. The van der Waals surface area contributed by atoms with E-state index in [0.717, 1.165) is 42.1 Å². The molecule has 2 aromatic rings. The van der Waals surface area contributed by atoms with Crippen molar-refractivity contribution in [2.24, 2.45) is 0 Å². The number of carbonyl (C=O) groups is 1. The van der Waals surface area contributed by atoms with Gasteiger partial charge in [-0.05, 0) is 30.0 Å². The summed E-state index contributed by atoms with van der Waals surface area (Å²) in [5, 5.41) is 0.273. The Bertz CT molecular complexity index is 801. The van der Waals surface area contributed by atoms with E-state index in [4.69, 9.17) is 0 Å². The minimum Gasteiger partial charge on any atom is -0.465 e. The molecule has 128 valence electrons. The van der Waals surface area contributed by atoms with Gasteiger partial charge in [0.25, 0.3) is 5.56 Å². The number of rotatable bonds is 4. The van der Waals surface area contributed by atoms with Crippen molar-refractivity contribution in [2.75, 3.05) is 12.9 Å². The second kappa shape index (κ2) is 7.08. The summed E-state index contributed by atoms with van der Waals surface area (Å²) in [6.45, 7) is 1.84. The molecule has 0 N–H and O–H groups in total. The van der Waals surface area contributed by atoms with Gasteiger partial charge in [-0.15, -0.1) is 0 Å². The van der Waals surface area contributed by atoms with Crippen LogP contribution in [0.3, 0.4) is 0 Å². The lowest BCUT2D eigenvalue weighted by Gasteiger charge is -2.13. The van der Waals surface area contributed by atoms with Crippen molar-refractivity contribution in [1.29, 1.82) is 0 Å². The predicted molar refractivity (Wildman–Crippen MR) is 82.6 cm³/mol. The molecule has 5 nitrogen and oxygen atoms in total. The summed E-state index contributed by atoms with van der Waals surface area (Å²) in [5.41, 5.74) is -1.64. The highest BCUT2D eigenvalue weighted by Gasteiger charge is 2.30. The maximum atomic E-state index is 12.7. The zero-order valence-electron chi connectivity index (χ0n) is 12.8. The molecule has 0 amide bonds. The van der Waals surface area contributed by atoms with Crippen molar-refractivity contribution >= 4 is 17.7 Å². The van der Waals surface area contributed by atoms with Crippen LogP contribution in [0.1, 0.15) is 22.8 Å². The number of esters is 1. The van der Waals surface area contributed by atoms with Crippen LogP contribution >= 0.6 is 11.8 Å². The van der Waals surface area contributed by atoms with Gasteiger partial charge < -0.3 is 4.74 Å². The molecule has 0 aliphatic heterocycles. The normalized spacial score (nSPS) is 11.4. The summed E-state index contributed by atoms with van der Waals surface area (Å²) in [5.74, 6) is -0.272. The molecule has 0 bridgehead atoms. The third kappa shape index (κ3) is 3.61. The number of carbonyl (C=O) groups excluding carboxylic acids is 1. The van der Waals surface area contributed by atoms with Gasteiger partial charge in [-0.2, -0.15) is 13.2 Å². The van der Waals surface area contributed by atoms with Crippen molar-refractivity contribution in [3.05, 3.63) is 51.9 Å². The molecule has 0 saturated carbocycles. The van der Waals surface area contributed by atoms with Gasteiger partial charge in [0.1, 0.15) is 5.56 Å². The largest absolute Gasteiger partial charge is 0.465 e. The third-order valence-electron chi connectivity index (χ3n) is 3.06. The SMILES string of the molecule is CCSc1ncc(C(=O)OC)c(=O)n1-c1ccc(C(F)(F)F)cc1. The molecule has 1 heterocycles. The number of alkyl halides is 3. The topological polar surface area (TPSA) is 61.2 Å². The quantitative estimate of drug-likeness (QED) is 0.477. The molecule has 9 heteroatoms. The Hall–Kier alpha value is -2.29. The fourth-order valence-electron chi connectivity index (χ4n) is 1.95. The monoisotopic (exact) mass is 358 g/mol. The van der Waals surface area contributed by atoms with Gasteiger partial charge in [0, 0.05) is 0 Å². The molecule has 0 spiro atoms. The molecule has 0 unspecified atom stereocenters. The number of ether oxygens (including phenoxy) is 1. The maximum Gasteiger partial charge on any atom is 0.416 e. The van der Waals surface area contributed by atoms with Gasteiger partial charge in [-0.25, -0.2) is 9.78 Å². The Labute approximate surface area is 139 Å². The summed E-state index contributed by atoms with van der Waals surface area (Å²) in [4.78, 5) is 28.2. The first kappa shape index (κ1) is 18.1. The van der Waals surface area contributed by atoms with Crippen LogP contribution in [-0.4, -0.2) is 28.4 Å². The molecule has 2 rings (SSSR count). The number of methoxy groups -OCH3 is 1. The van der Waals surface area contributed by atoms with Crippen LogP contribution in [0.25, 0.3) is 5.69 Å². The fraction of sp³-hybridized carbons (Fsp3) is 0.267. The number of thioether (sulfide) groups is 1. The van der Waals surface area contributed by atoms with E-state index in [1.54, 1.807) is 0 Å². The first-order chi connectivity index (χ1) is 11.3. The van der Waals surface area contributed by atoms with Gasteiger partial charge in [-0.3, -0.25) is 9.36 Å².